The molecule has 0 atom stereocenters. The summed E-state index contributed by atoms with van der Waals surface area (Å²) in [5.41, 5.74) is 1.26. The predicted molar refractivity (Wildman–Crippen MR) is 120 cm³/mol. The highest BCUT2D eigenvalue weighted by Gasteiger charge is 2.36. The van der Waals surface area contributed by atoms with E-state index in [-0.39, 0.29) is 18.1 Å². The lowest BCUT2D eigenvalue weighted by Crippen LogP contribution is -2.36. The molecule has 0 aromatic heterocycles. The van der Waals surface area contributed by atoms with Gasteiger partial charge in [-0.15, -0.1) is 6.42 Å². The van der Waals surface area contributed by atoms with E-state index in [4.69, 9.17) is 15.9 Å². The van der Waals surface area contributed by atoms with Gasteiger partial charge in [-0.3, -0.25) is 19.3 Å². The van der Waals surface area contributed by atoms with Gasteiger partial charge in [0, 0.05) is 5.69 Å². The molecule has 1 saturated heterocycles. The molecule has 1 heterocycles. The summed E-state index contributed by atoms with van der Waals surface area (Å²) in [6.07, 6.45) is 6.75. The van der Waals surface area contributed by atoms with Gasteiger partial charge in [0.05, 0.1) is 11.5 Å². The van der Waals surface area contributed by atoms with Gasteiger partial charge in [-0.05, 0) is 66.7 Å². The number of hydrogen-bond donors (Lipinski definition) is 1. The Morgan fingerprint density at radius 1 is 1.10 bits per heavy atom. The maximum atomic E-state index is 12.6. The number of anilines is 1. The first-order valence-corrected chi connectivity index (χ1v) is 10.3. The Kier molecular flexibility index (Phi) is 7.35. The molecule has 0 radical (unpaired) electrons. The number of thioether (sulfide) groups is 1. The van der Waals surface area contributed by atoms with Gasteiger partial charge in [-0.25, -0.2) is 0 Å². The van der Waals surface area contributed by atoms with E-state index in [9.17, 15) is 14.4 Å². The highest BCUT2D eigenvalue weighted by Crippen LogP contribution is 2.32. The molecule has 0 aliphatic carbocycles. The minimum Gasteiger partial charge on any atom is -0.494 e. The molecule has 3 amide bonds. The van der Waals surface area contributed by atoms with Crippen LogP contribution in [-0.4, -0.2) is 41.7 Å². The largest absolute Gasteiger partial charge is 0.494 e. The molecule has 0 bridgehead atoms. The Balaban J connectivity index is 1.61. The van der Waals surface area contributed by atoms with Gasteiger partial charge in [0.15, 0.2) is 0 Å². The lowest BCUT2D eigenvalue weighted by Gasteiger charge is -2.12. The van der Waals surface area contributed by atoms with Gasteiger partial charge in [0.1, 0.15) is 24.7 Å². The molecule has 31 heavy (non-hydrogen) atoms. The van der Waals surface area contributed by atoms with E-state index < -0.39 is 17.1 Å². The maximum absolute atomic E-state index is 12.6. The van der Waals surface area contributed by atoms with Crippen molar-refractivity contribution in [1.82, 2.24) is 4.90 Å². The van der Waals surface area contributed by atoms with Crippen molar-refractivity contribution in [2.75, 3.05) is 25.1 Å². The monoisotopic (exact) mass is 436 g/mol. The van der Waals surface area contributed by atoms with Crippen LogP contribution >= 0.6 is 11.8 Å². The van der Waals surface area contributed by atoms with E-state index in [1.165, 1.54) is 0 Å². The summed E-state index contributed by atoms with van der Waals surface area (Å²) in [5.74, 6) is 2.69. The van der Waals surface area contributed by atoms with Gasteiger partial charge in [-0.1, -0.05) is 18.1 Å². The molecule has 0 saturated carbocycles. The molecular formula is C23H20N2O5S. The molecule has 2 aromatic carbocycles. The summed E-state index contributed by atoms with van der Waals surface area (Å²) in [4.78, 5) is 38.3. The standard InChI is InChI=1S/C23H20N2O5S/c1-3-13-30-19-9-5-16(6-10-19)14-20-22(27)25(23(28)31-20)15-21(26)24-17-7-11-18(12-8-17)29-4-2/h1,5-12,14H,4,13,15H2,2H3,(H,24,26)/b20-14-. The number of hydrogen-bond acceptors (Lipinski definition) is 6. The van der Waals surface area contributed by atoms with Crippen LogP contribution in [0.3, 0.4) is 0 Å². The average molecular weight is 436 g/mol. The second kappa shape index (κ2) is 10.4. The first kappa shape index (κ1) is 22.0. The SMILES string of the molecule is C#CCOc1ccc(/C=C2\SC(=O)N(CC(=O)Nc3ccc(OCC)cc3)C2=O)cc1. The second-order valence-electron chi connectivity index (χ2n) is 6.34. The average Bonchev–Trinajstić information content (AvgIpc) is 3.02. The van der Waals surface area contributed by atoms with Crippen molar-refractivity contribution in [2.24, 2.45) is 0 Å². The van der Waals surface area contributed by atoms with E-state index in [1.54, 1.807) is 54.6 Å². The van der Waals surface area contributed by atoms with E-state index in [0.29, 0.717) is 23.8 Å². The Morgan fingerprint density at radius 3 is 2.39 bits per heavy atom. The quantitative estimate of drug-likeness (QED) is 0.501. The fourth-order valence-electron chi connectivity index (χ4n) is 2.72. The third-order valence-electron chi connectivity index (χ3n) is 4.12. The van der Waals surface area contributed by atoms with Crippen LogP contribution < -0.4 is 14.8 Å². The number of carbonyl (C=O) groups is 3. The zero-order chi connectivity index (χ0) is 22.2. The number of terminal acetylenes is 1. The summed E-state index contributed by atoms with van der Waals surface area (Å²) >= 11 is 0.795. The van der Waals surface area contributed by atoms with Crippen LogP contribution in [-0.2, 0) is 9.59 Å². The van der Waals surface area contributed by atoms with Crippen LogP contribution in [0.25, 0.3) is 6.08 Å². The number of amides is 3. The number of nitrogens with zero attached hydrogens (tertiary/aromatic N) is 1. The Bertz CT molecular complexity index is 1040. The van der Waals surface area contributed by atoms with E-state index in [0.717, 1.165) is 22.2 Å². The van der Waals surface area contributed by atoms with Crippen molar-refractivity contribution in [2.45, 2.75) is 6.92 Å². The van der Waals surface area contributed by atoms with E-state index in [1.807, 2.05) is 6.92 Å². The first-order chi connectivity index (χ1) is 15.0. The summed E-state index contributed by atoms with van der Waals surface area (Å²) in [7, 11) is 0. The fraction of sp³-hybridized carbons (Fsp3) is 0.174. The predicted octanol–water partition coefficient (Wildman–Crippen LogP) is 3.77. The number of rotatable bonds is 8. The molecule has 3 rings (SSSR count). The van der Waals surface area contributed by atoms with Crippen LogP contribution in [0.2, 0.25) is 0 Å². The molecule has 7 nitrogen and oxygen atoms in total. The lowest BCUT2D eigenvalue weighted by atomic mass is 10.2. The summed E-state index contributed by atoms with van der Waals surface area (Å²) in [6.45, 7) is 2.22. The zero-order valence-corrected chi connectivity index (χ0v) is 17.6. The third kappa shape index (κ3) is 5.90. The minimum absolute atomic E-state index is 0.164. The third-order valence-corrected chi connectivity index (χ3v) is 5.03. The summed E-state index contributed by atoms with van der Waals surface area (Å²) in [6, 6.07) is 13.8. The molecule has 0 unspecified atom stereocenters. The van der Waals surface area contributed by atoms with Gasteiger partial charge >= 0.3 is 0 Å². The van der Waals surface area contributed by atoms with Gasteiger partial charge in [0.2, 0.25) is 5.91 Å². The number of benzene rings is 2. The normalized spacial score (nSPS) is 14.5. The zero-order valence-electron chi connectivity index (χ0n) is 16.8. The van der Waals surface area contributed by atoms with Crippen molar-refractivity contribution >= 4 is 40.6 Å². The second-order valence-corrected chi connectivity index (χ2v) is 7.33. The molecule has 1 aliphatic heterocycles. The van der Waals surface area contributed by atoms with Crippen LogP contribution in [0, 0.1) is 12.3 Å². The highest BCUT2D eigenvalue weighted by atomic mass is 32.2. The number of ether oxygens (including phenoxy) is 2. The van der Waals surface area contributed by atoms with Crippen molar-refractivity contribution < 1.29 is 23.9 Å². The number of imide groups is 1. The molecule has 1 fully saturated rings. The van der Waals surface area contributed by atoms with Crippen molar-refractivity contribution in [3.8, 4) is 23.8 Å². The molecule has 158 valence electrons. The fourth-order valence-corrected chi connectivity index (χ4v) is 3.56. The number of carbonyl (C=O) groups excluding carboxylic acids is 3. The van der Waals surface area contributed by atoms with E-state index in [2.05, 4.69) is 11.2 Å². The van der Waals surface area contributed by atoms with Gasteiger partial charge < -0.3 is 14.8 Å². The van der Waals surface area contributed by atoms with Crippen molar-refractivity contribution in [3.05, 3.63) is 59.0 Å². The molecule has 1 N–H and O–H groups in total. The van der Waals surface area contributed by atoms with E-state index >= 15 is 0 Å². The minimum atomic E-state index is -0.510. The topological polar surface area (TPSA) is 84.9 Å². The summed E-state index contributed by atoms with van der Waals surface area (Å²) < 4.78 is 10.7. The van der Waals surface area contributed by atoms with Crippen molar-refractivity contribution in [3.63, 3.8) is 0 Å². The van der Waals surface area contributed by atoms with Crippen LogP contribution in [0.4, 0.5) is 10.5 Å². The first-order valence-electron chi connectivity index (χ1n) is 9.44. The van der Waals surface area contributed by atoms with Crippen LogP contribution in [0.5, 0.6) is 11.5 Å². The highest BCUT2D eigenvalue weighted by molar-refractivity contribution is 8.18. The molecule has 2 aromatic rings. The van der Waals surface area contributed by atoms with Crippen molar-refractivity contribution in [1.29, 1.82) is 0 Å². The number of nitrogens with one attached hydrogen (secondary N) is 1. The van der Waals surface area contributed by atoms with Crippen LogP contribution in [0.15, 0.2) is 53.4 Å². The maximum Gasteiger partial charge on any atom is 0.294 e. The smallest absolute Gasteiger partial charge is 0.294 e. The summed E-state index contributed by atoms with van der Waals surface area (Å²) in [5, 5.41) is 2.18. The lowest BCUT2D eigenvalue weighted by molar-refractivity contribution is -0.127. The molecule has 8 heteroatoms. The Labute approximate surface area is 184 Å². The Hall–Kier alpha value is -3.70. The Morgan fingerprint density at radius 2 is 1.74 bits per heavy atom. The van der Waals surface area contributed by atoms with Crippen LogP contribution in [0.1, 0.15) is 12.5 Å². The van der Waals surface area contributed by atoms with Gasteiger partial charge in [-0.2, -0.15) is 0 Å². The molecular weight excluding hydrogens is 416 g/mol. The van der Waals surface area contributed by atoms with Gasteiger partial charge in [0.25, 0.3) is 11.1 Å². The molecule has 0 spiro atoms. The molecule has 1 aliphatic rings.